The average Bonchev–Trinajstić information content (AvgIpc) is 2.34. The van der Waals surface area contributed by atoms with Crippen LogP contribution in [0.1, 0.15) is 5.56 Å². The van der Waals surface area contributed by atoms with Crippen molar-refractivity contribution in [3.8, 4) is 0 Å². The van der Waals surface area contributed by atoms with Gasteiger partial charge in [-0.15, -0.1) is 0 Å². The Kier molecular flexibility index (Phi) is 3.87. The number of hydrogen-bond donors (Lipinski definition) is 1. The molecule has 2 aromatic carbocycles. The monoisotopic (exact) mass is 308 g/mol. The highest BCUT2D eigenvalue weighted by Gasteiger charge is 2.06. The second-order valence-electron chi connectivity index (χ2n) is 4.18. The molecule has 0 atom stereocenters. The van der Waals surface area contributed by atoms with Crippen LogP contribution in [-0.2, 0) is 6.54 Å². The number of rotatable bonds is 3. The molecule has 0 aromatic heterocycles. The molecule has 0 bridgehead atoms. The van der Waals surface area contributed by atoms with Crippen LogP contribution < -0.4 is 10.6 Å². The zero-order chi connectivity index (χ0) is 13.1. The molecule has 0 amide bonds. The minimum Gasteiger partial charge on any atom is -0.399 e. The predicted molar refractivity (Wildman–Crippen MR) is 77.1 cm³/mol. The van der Waals surface area contributed by atoms with E-state index in [0.29, 0.717) is 6.54 Å². The maximum Gasteiger partial charge on any atom is 0.123 e. The molecule has 4 heteroatoms. The van der Waals surface area contributed by atoms with Gasteiger partial charge in [0.15, 0.2) is 0 Å². The van der Waals surface area contributed by atoms with E-state index in [-0.39, 0.29) is 5.82 Å². The van der Waals surface area contributed by atoms with Crippen LogP contribution in [0.5, 0.6) is 0 Å². The van der Waals surface area contributed by atoms with Gasteiger partial charge in [0.25, 0.3) is 0 Å². The maximum atomic E-state index is 12.9. The topological polar surface area (TPSA) is 29.3 Å². The molecule has 0 heterocycles. The van der Waals surface area contributed by atoms with Crippen LogP contribution in [0.25, 0.3) is 0 Å². The van der Waals surface area contributed by atoms with Gasteiger partial charge in [-0.1, -0.05) is 15.9 Å². The second-order valence-corrected chi connectivity index (χ2v) is 5.04. The normalized spacial score (nSPS) is 10.4. The van der Waals surface area contributed by atoms with Crippen molar-refractivity contribution in [3.05, 3.63) is 58.3 Å². The highest BCUT2D eigenvalue weighted by molar-refractivity contribution is 9.10. The summed E-state index contributed by atoms with van der Waals surface area (Å²) in [6.07, 6.45) is 0. The van der Waals surface area contributed by atoms with E-state index >= 15 is 0 Å². The van der Waals surface area contributed by atoms with Crippen molar-refractivity contribution in [1.29, 1.82) is 0 Å². The summed E-state index contributed by atoms with van der Waals surface area (Å²) >= 11 is 3.50. The zero-order valence-corrected chi connectivity index (χ0v) is 11.6. The Hall–Kier alpha value is -1.55. The third-order valence-electron chi connectivity index (χ3n) is 2.74. The fourth-order valence-corrected chi connectivity index (χ4v) is 2.13. The van der Waals surface area contributed by atoms with Crippen molar-refractivity contribution >= 4 is 27.3 Å². The SMILES string of the molecule is CN(Cc1cc(N)ccc1Br)c1ccc(F)cc1. The maximum absolute atomic E-state index is 12.9. The van der Waals surface area contributed by atoms with Gasteiger partial charge in [0.05, 0.1) is 0 Å². The third-order valence-corrected chi connectivity index (χ3v) is 3.52. The lowest BCUT2D eigenvalue weighted by molar-refractivity contribution is 0.627. The highest BCUT2D eigenvalue weighted by atomic mass is 79.9. The molecule has 2 nitrogen and oxygen atoms in total. The van der Waals surface area contributed by atoms with Crippen molar-refractivity contribution < 1.29 is 4.39 Å². The van der Waals surface area contributed by atoms with Crippen LogP contribution in [0.2, 0.25) is 0 Å². The molecular weight excluding hydrogens is 295 g/mol. The number of nitrogens with two attached hydrogens (primary N) is 1. The van der Waals surface area contributed by atoms with Crippen LogP contribution in [-0.4, -0.2) is 7.05 Å². The van der Waals surface area contributed by atoms with E-state index in [9.17, 15) is 4.39 Å². The first-order chi connectivity index (χ1) is 8.56. The van der Waals surface area contributed by atoms with Crippen LogP contribution in [0.15, 0.2) is 46.9 Å². The highest BCUT2D eigenvalue weighted by Crippen LogP contribution is 2.23. The van der Waals surface area contributed by atoms with Crippen molar-refractivity contribution in [3.63, 3.8) is 0 Å². The predicted octanol–water partition coefficient (Wildman–Crippen LogP) is 3.81. The van der Waals surface area contributed by atoms with Gasteiger partial charge in [0, 0.05) is 29.4 Å². The van der Waals surface area contributed by atoms with E-state index in [0.717, 1.165) is 21.4 Å². The Labute approximate surface area is 114 Å². The number of anilines is 2. The van der Waals surface area contributed by atoms with Crippen molar-refractivity contribution in [1.82, 2.24) is 0 Å². The summed E-state index contributed by atoms with van der Waals surface area (Å²) in [5.41, 5.74) is 8.57. The largest absolute Gasteiger partial charge is 0.399 e. The number of nitrogen functional groups attached to an aromatic ring is 1. The first kappa shape index (κ1) is 12.9. The standard InChI is InChI=1S/C14H14BrFN2/c1-18(13-5-2-11(16)3-6-13)9-10-8-12(17)4-7-14(10)15/h2-8H,9,17H2,1H3. The minimum absolute atomic E-state index is 0.225. The Morgan fingerprint density at radius 2 is 1.83 bits per heavy atom. The fourth-order valence-electron chi connectivity index (χ4n) is 1.76. The summed E-state index contributed by atoms with van der Waals surface area (Å²) < 4.78 is 13.9. The van der Waals surface area contributed by atoms with E-state index in [1.54, 1.807) is 12.1 Å². The Bertz CT molecular complexity index is 540. The molecule has 0 radical (unpaired) electrons. The van der Waals surface area contributed by atoms with Gasteiger partial charge >= 0.3 is 0 Å². The molecule has 0 saturated heterocycles. The van der Waals surface area contributed by atoms with E-state index in [1.165, 1.54) is 12.1 Å². The molecule has 2 N–H and O–H groups in total. The van der Waals surface area contributed by atoms with Gasteiger partial charge in [0.2, 0.25) is 0 Å². The summed E-state index contributed by atoms with van der Waals surface area (Å²) in [7, 11) is 1.96. The Morgan fingerprint density at radius 3 is 2.50 bits per heavy atom. The smallest absolute Gasteiger partial charge is 0.123 e. The van der Waals surface area contributed by atoms with Crippen LogP contribution in [0.3, 0.4) is 0 Å². The van der Waals surface area contributed by atoms with Gasteiger partial charge in [-0.25, -0.2) is 4.39 Å². The van der Waals surface area contributed by atoms with Gasteiger partial charge in [-0.3, -0.25) is 0 Å². The van der Waals surface area contributed by atoms with E-state index in [2.05, 4.69) is 15.9 Å². The lowest BCUT2D eigenvalue weighted by Crippen LogP contribution is -2.16. The van der Waals surface area contributed by atoms with Crippen LogP contribution in [0, 0.1) is 5.82 Å². The molecule has 0 fully saturated rings. The van der Waals surface area contributed by atoms with E-state index in [1.807, 2.05) is 30.1 Å². The third kappa shape index (κ3) is 3.01. The van der Waals surface area contributed by atoms with Crippen molar-refractivity contribution in [2.45, 2.75) is 6.54 Å². The number of nitrogens with zero attached hydrogens (tertiary/aromatic N) is 1. The molecule has 0 unspecified atom stereocenters. The molecule has 2 rings (SSSR count). The second kappa shape index (κ2) is 5.40. The fraction of sp³-hybridized carbons (Fsp3) is 0.143. The molecule has 18 heavy (non-hydrogen) atoms. The molecule has 0 aliphatic heterocycles. The lowest BCUT2D eigenvalue weighted by Gasteiger charge is -2.20. The first-order valence-electron chi connectivity index (χ1n) is 5.57. The summed E-state index contributed by atoms with van der Waals surface area (Å²) in [5, 5.41) is 0. The molecule has 0 aliphatic rings. The van der Waals surface area contributed by atoms with E-state index in [4.69, 9.17) is 5.73 Å². The molecular formula is C14H14BrFN2. The average molecular weight is 309 g/mol. The minimum atomic E-state index is -0.225. The van der Waals surface area contributed by atoms with Crippen LogP contribution in [0.4, 0.5) is 15.8 Å². The molecule has 0 aliphatic carbocycles. The summed E-state index contributed by atoms with van der Waals surface area (Å²) in [5.74, 6) is -0.225. The Morgan fingerprint density at radius 1 is 1.17 bits per heavy atom. The van der Waals surface area contributed by atoms with Gasteiger partial charge < -0.3 is 10.6 Å². The number of benzene rings is 2. The lowest BCUT2D eigenvalue weighted by atomic mass is 10.2. The molecule has 94 valence electrons. The quantitative estimate of drug-likeness (QED) is 0.874. The number of hydrogen-bond acceptors (Lipinski definition) is 2. The van der Waals surface area contributed by atoms with Crippen LogP contribution >= 0.6 is 15.9 Å². The van der Waals surface area contributed by atoms with E-state index < -0.39 is 0 Å². The summed E-state index contributed by atoms with van der Waals surface area (Å²) in [4.78, 5) is 2.04. The zero-order valence-electron chi connectivity index (χ0n) is 10.0. The van der Waals surface area contributed by atoms with Crippen molar-refractivity contribution in [2.75, 3.05) is 17.7 Å². The molecule has 2 aromatic rings. The first-order valence-corrected chi connectivity index (χ1v) is 6.36. The molecule has 0 spiro atoms. The van der Waals surface area contributed by atoms with Crippen molar-refractivity contribution in [2.24, 2.45) is 0 Å². The molecule has 0 saturated carbocycles. The summed E-state index contributed by atoms with van der Waals surface area (Å²) in [6.45, 7) is 0.706. The van der Waals surface area contributed by atoms with Gasteiger partial charge in [-0.05, 0) is 48.0 Å². The summed E-state index contributed by atoms with van der Waals surface area (Å²) in [6, 6.07) is 12.2. The number of halogens is 2. The Balaban J connectivity index is 2.18. The van der Waals surface area contributed by atoms with Gasteiger partial charge in [0.1, 0.15) is 5.82 Å². The van der Waals surface area contributed by atoms with Gasteiger partial charge in [-0.2, -0.15) is 0 Å².